The normalized spacial score (nSPS) is 34.3. The van der Waals surface area contributed by atoms with E-state index in [-0.39, 0.29) is 6.04 Å². The predicted molar refractivity (Wildman–Crippen MR) is 51.1 cm³/mol. The smallest absolute Gasteiger partial charge is 0.226 e. The van der Waals surface area contributed by atoms with Crippen molar-refractivity contribution in [3.63, 3.8) is 0 Å². The van der Waals surface area contributed by atoms with Crippen LogP contribution in [0.5, 0.6) is 0 Å². The number of carbonyl (C=O) groups excluding carboxylic acids is 1. The number of hydrogen-bond donors (Lipinski definition) is 1. The number of rotatable bonds is 3. The second-order valence-corrected chi connectivity index (χ2v) is 4.32. The predicted octanol–water partition coefficient (Wildman–Crippen LogP) is 0.735. The van der Waals surface area contributed by atoms with Gasteiger partial charge in [0.1, 0.15) is 0 Å². The average Bonchev–Trinajstić information content (AvgIpc) is 2.69. The van der Waals surface area contributed by atoms with E-state index in [1.165, 1.54) is 6.42 Å². The van der Waals surface area contributed by atoms with E-state index in [1.54, 1.807) is 0 Å². The molecular weight excluding hydrogens is 164 g/mol. The van der Waals surface area contributed by atoms with Crippen LogP contribution in [0.1, 0.15) is 32.6 Å². The van der Waals surface area contributed by atoms with Gasteiger partial charge in [0.05, 0.1) is 0 Å². The lowest BCUT2D eigenvalue weighted by atomic mass is 10.1. The Labute approximate surface area is 79.3 Å². The molecule has 3 atom stereocenters. The number of hydrogen-bond acceptors (Lipinski definition) is 2. The molecule has 3 nitrogen and oxygen atoms in total. The van der Waals surface area contributed by atoms with Crippen LogP contribution in [-0.2, 0) is 4.79 Å². The van der Waals surface area contributed by atoms with E-state index in [4.69, 9.17) is 5.73 Å². The van der Waals surface area contributed by atoms with Gasteiger partial charge in [-0.15, -0.1) is 0 Å². The summed E-state index contributed by atoms with van der Waals surface area (Å²) in [7, 11) is 0. The van der Waals surface area contributed by atoms with Crippen LogP contribution in [0.3, 0.4) is 0 Å². The molecule has 1 saturated heterocycles. The van der Waals surface area contributed by atoms with Crippen LogP contribution < -0.4 is 5.73 Å². The Balaban J connectivity index is 1.96. The van der Waals surface area contributed by atoms with E-state index in [2.05, 4.69) is 6.92 Å². The van der Waals surface area contributed by atoms with Crippen molar-refractivity contribution >= 4 is 5.91 Å². The molecule has 0 aromatic carbocycles. The summed E-state index contributed by atoms with van der Waals surface area (Å²) in [5.41, 5.74) is 5.85. The van der Waals surface area contributed by atoms with E-state index in [0.29, 0.717) is 17.9 Å². The Morgan fingerprint density at radius 2 is 2.38 bits per heavy atom. The van der Waals surface area contributed by atoms with E-state index in [1.807, 2.05) is 4.90 Å². The maximum absolute atomic E-state index is 11.7. The first-order valence-electron chi connectivity index (χ1n) is 5.28. The fourth-order valence-corrected chi connectivity index (χ4v) is 2.50. The maximum Gasteiger partial charge on any atom is 0.226 e. The molecule has 2 rings (SSSR count). The Kier molecular flexibility index (Phi) is 2.28. The Morgan fingerprint density at radius 3 is 2.92 bits per heavy atom. The molecule has 2 fully saturated rings. The molecule has 1 amide bonds. The van der Waals surface area contributed by atoms with Crippen molar-refractivity contribution < 1.29 is 4.79 Å². The van der Waals surface area contributed by atoms with Gasteiger partial charge in [-0.2, -0.15) is 0 Å². The van der Waals surface area contributed by atoms with E-state index in [0.717, 1.165) is 25.8 Å². The minimum atomic E-state index is 0.170. The molecule has 2 N–H and O–H groups in total. The highest BCUT2D eigenvalue weighted by molar-refractivity contribution is 5.82. The van der Waals surface area contributed by atoms with Crippen molar-refractivity contribution in [1.82, 2.24) is 4.90 Å². The highest BCUT2D eigenvalue weighted by Gasteiger charge is 2.44. The lowest BCUT2D eigenvalue weighted by Crippen LogP contribution is -2.44. The summed E-state index contributed by atoms with van der Waals surface area (Å²) >= 11 is 0. The van der Waals surface area contributed by atoms with Gasteiger partial charge in [-0.25, -0.2) is 0 Å². The second kappa shape index (κ2) is 3.29. The number of piperidine rings is 1. The summed E-state index contributed by atoms with van der Waals surface area (Å²) in [6.45, 7) is 2.85. The minimum absolute atomic E-state index is 0.170. The molecule has 0 aromatic heterocycles. The van der Waals surface area contributed by atoms with Crippen LogP contribution in [0, 0.1) is 5.92 Å². The summed E-state index contributed by atoms with van der Waals surface area (Å²) in [5.74, 6) is 0.703. The van der Waals surface area contributed by atoms with Gasteiger partial charge in [-0.1, -0.05) is 6.92 Å². The molecule has 1 saturated carbocycles. The third kappa shape index (κ3) is 1.46. The number of amides is 1. The number of nitrogens with zero attached hydrogens (tertiary/aromatic N) is 1. The van der Waals surface area contributed by atoms with Crippen molar-refractivity contribution in [3.8, 4) is 0 Å². The standard InChI is InChI=1S/C10H18N2O/c1-2-8(11)6-12-9-4-3-7(5-9)10(12)13/h7-9H,2-6,11H2,1H3. The number of likely N-dealkylation sites (tertiary alicyclic amines) is 1. The Bertz CT molecular complexity index is 217. The fraction of sp³-hybridized carbons (Fsp3) is 0.900. The minimum Gasteiger partial charge on any atom is -0.338 e. The van der Waals surface area contributed by atoms with Gasteiger partial charge in [-0.05, 0) is 25.7 Å². The van der Waals surface area contributed by atoms with Crippen molar-refractivity contribution in [3.05, 3.63) is 0 Å². The summed E-state index contributed by atoms with van der Waals surface area (Å²) in [4.78, 5) is 13.7. The SMILES string of the molecule is CCC(N)CN1C(=O)C2CCC1C2. The molecule has 74 valence electrons. The molecular formula is C10H18N2O. The zero-order chi connectivity index (χ0) is 9.42. The lowest BCUT2D eigenvalue weighted by Gasteiger charge is -2.29. The van der Waals surface area contributed by atoms with E-state index < -0.39 is 0 Å². The summed E-state index contributed by atoms with van der Waals surface area (Å²) in [6.07, 6.45) is 4.37. The molecule has 0 radical (unpaired) electrons. The Hall–Kier alpha value is -0.570. The number of carbonyl (C=O) groups is 1. The van der Waals surface area contributed by atoms with Gasteiger partial charge in [0.15, 0.2) is 0 Å². The first kappa shape index (κ1) is 9.00. The topological polar surface area (TPSA) is 46.3 Å². The van der Waals surface area contributed by atoms with E-state index in [9.17, 15) is 4.79 Å². The quantitative estimate of drug-likeness (QED) is 0.699. The zero-order valence-electron chi connectivity index (χ0n) is 8.20. The molecule has 2 aliphatic rings. The molecule has 3 heteroatoms. The lowest BCUT2D eigenvalue weighted by molar-refractivity contribution is -0.134. The molecule has 1 aliphatic carbocycles. The fourth-order valence-electron chi connectivity index (χ4n) is 2.50. The van der Waals surface area contributed by atoms with Crippen molar-refractivity contribution in [1.29, 1.82) is 0 Å². The van der Waals surface area contributed by atoms with Crippen molar-refractivity contribution in [2.45, 2.75) is 44.7 Å². The summed E-state index contributed by atoms with van der Waals surface area (Å²) in [6, 6.07) is 0.693. The molecule has 1 heterocycles. The van der Waals surface area contributed by atoms with Crippen molar-refractivity contribution in [2.24, 2.45) is 11.7 Å². The number of nitrogens with two attached hydrogens (primary N) is 1. The average molecular weight is 182 g/mol. The molecule has 2 bridgehead atoms. The van der Waals surface area contributed by atoms with E-state index >= 15 is 0 Å². The van der Waals surface area contributed by atoms with Crippen LogP contribution in [0.25, 0.3) is 0 Å². The first-order valence-corrected chi connectivity index (χ1v) is 5.28. The monoisotopic (exact) mass is 182 g/mol. The highest BCUT2D eigenvalue weighted by atomic mass is 16.2. The maximum atomic E-state index is 11.7. The number of fused-ring (bicyclic) bond motifs is 2. The molecule has 1 aliphatic heterocycles. The van der Waals surface area contributed by atoms with Gasteiger partial charge in [0.2, 0.25) is 5.91 Å². The largest absolute Gasteiger partial charge is 0.338 e. The molecule has 3 unspecified atom stereocenters. The van der Waals surface area contributed by atoms with Gasteiger partial charge >= 0.3 is 0 Å². The first-order chi connectivity index (χ1) is 6.22. The zero-order valence-corrected chi connectivity index (χ0v) is 8.20. The van der Waals surface area contributed by atoms with Crippen LogP contribution in [0.2, 0.25) is 0 Å². The second-order valence-electron chi connectivity index (χ2n) is 4.32. The van der Waals surface area contributed by atoms with Crippen LogP contribution in [-0.4, -0.2) is 29.4 Å². The summed E-state index contributed by atoms with van der Waals surface area (Å²) < 4.78 is 0. The molecule has 0 spiro atoms. The van der Waals surface area contributed by atoms with Crippen LogP contribution in [0.15, 0.2) is 0 Å². The van der Waals surface area contributed by atoms with Crippen molar-refractivity contribution in [2.75, 3.05) is 6.54 Å². The molecule has 13 heavy (non-hydrogen) atoms. The third-order valence-corrected chi connectivity index (χ3v) is 3.43. The van der Waals surface area contributed by atoms with Crippen LogP contribution in [0.4, 0.5) is 0 Å². The van der Waals surface area contributed by atoms with Gasteiger partial charge < -0.3 is 10.6 Å². The third-order valence-electron chi connectivity index (χ3n) is 3.43. The van der Waals surface area contributed by atoms with Crippen LogP contribution >= 0.6 is 0 Å². The van der Waals surface area contributed by atoms with Gasteiger partial charge in [0, 0.05) is 24.5 Å². The highest BCUT2D eigenvalue weighted by Crippen LogP contribution is 2.38. The molecule has 0 aromatic rings. The summed E-state index contributed by atoms with van der Waals surface area (Å²) in [5, 5.41) is 0. The van der Waals surface area contributed by atoms with Gasteiger partial charge in [-0.3, -0.25) is 4.79 Å². The Morgan fingerprint density at radius 1 is 1.62 bits per heavy atom. The van der Waals surface area contributed by atoms with Gasteiger partial charge in [0.25, 0.3) is 0 Å².